The quantitative estimate of drug-likeness (QED) is 0.378. The molecule has 0 saturated heterocycles. The third-order valence-electron chi connectivity index (χ3n) is 4.52. The van der Waals surface area contributed by atoms with E-state index in [0.717, 1.165) is 11.0 Å². The number of carbonyl (C=O) groups is 3. The predicted octanol–water partition coefficient (Wildman–Crippen LogP) is 2.31. The van der Waals surface area contributed by atoms with Crippen LogP contribution in [0.4, 0.5) is 5.69 Å². The molecule has 0 aliphatic heterocycles. The highest BCUT2D eigenvalue weighted by molar-refractivity contribution is 6.39. The predicted molar refractivity (Wildman–Crippen MR) is 117 cm³/mol. The molecular formula is C20H19Cl2N5O4. The number of amides is 2. The van der Waals surface area contributed by atoms with Crippen molar-refractivity contribution in [1.29, 1.82) is 0 Å². The number of hydrogen-bond donors (Lipinski definition) is 4. The molecule has 2 aromatic carbocycles. The third kappa shape index (κ3) is 5.44. The second kappa shape index (κ2) is 9.67. The van der Waals surface area contributed by atoms with Gasteiger partial charge >= 0.3 is 5.97 Å². The lowest BCUT2D eigenvalue weighted by Gasteiger charge is -2.16. The average Bonchev–Trinajstić information content (AvgIpc) is 3.11. The number of benzene rings is 2. The summed E-state index contributed by atoms with van der Waals surface area (Å²) in [5.74, 6) is -2.45. The highest BCUT2D eigenvalue weighted by Gasteiger charge is 2.24. The van der Waals surface area contributed by atoms with Gasteiger partial charge in [-0.15, -0.1) is 0 Å². The molecule has 162 valence electrons. The minimum absolute atomic E-state index is 0.0327. The van der Waals surface area contributed by atoms with Gasteiger partial charge in [0.2, 0.25) is 5.91 Å². The van der Waals surface area contributed by atoms with Gasteiger partial charge in [0.25, 0.3) is 5.91 Å². The number of nitrogens with one attached hydrogen (secondary N) is 2. The van der Waals surface area contributed by atoms with Crippen LogP contribution < -0.4 is 16.4 Å². The summed E-state index contributed by atoms with van der Waals surface area (Å²) < 4.78 is 1.78. The summed E-state index contributed by atoms with van der Waals surface area (Å²) in [6.45, 7) is 0.0186. The minimum atomic E-state index is -1.36. The molecule has 9 nitrogen and oxygen atoms in total. The molecule has 0 fully saturated rings. The minimum Gasteiger partial charge on any atom is -0.480 e. The highest BCUT2D eigenvalue weighted by Crippen LogP contribution is 2.24. The lowest BCUT2D eigenvalue weighted by Crippen LogP contribution is -2.48. The van der Waals surface area contributed by atoms with Gasteiger partial charge in [-0.3, -0.25) is 9.59 Å². The first kappa shape index (κ1) is 22.4. The molecule has 3 aromatic rings. The molecule has 5 N–H and O–H groups in total. The molecule has 1 unspecified atom stereocenters. The summed E-state index contributed by atoms with van der Waals surface area (Å²) in [6.07, 6.45) is 1.68. The fourth-order valence-electron chi connectivity index (χ4n) is 2.92. The van der Waals surface area contributed by atoms with E-state index in [1.54, 1.807) is 35.2 Å². The van der Waals surface area contributed by atoms with Gasteiger partial charge in [-0.2, -0.15) is 0 Å². The molecule has 0 spiro atoms. The van der Waals surface area contributed by atoms with Crippen LogP contribution in [0, 0.1) is 0 Å². The molecule has 1 aromatic heterocycles. The first-order chi connectivity index (χ1) is 14.8. The second-order valence-corrected chi connectivity index (χ2v) is 7.52. The highest BCUT2D eigenvalue weighted by atomic mass is 35.5. The van der Waals surface area contributed by atoms with Gasteiger partial charge in [0, 0.05) is 25.2 Å². The van der Waals surface area contributed by atoms with E-state index in [1.165, 1.54) is 12.1 Å². The largest absolute Gasteiger partial charge is 0.480 e. The van der Waals surface area contributed by atoms with E-state index in [1.807, 2.05) is 0 Å². The maximum Gasteiger partial charge on any atom is 0.328 e. The lowest BCUT2D eigenvalue weighted by atomic mass is 10.2. The Morgan fingerprint density at radius 2 is 1.87 bits per heavy atom. The van der Waals surface area contributed by atoms with E-state index >= 15 is 0 Å². The monoisotopic (exact) mass is 463 g/mol. The fraction of sp³-hybridized carbons (Fsp3) is 0.200. The zero-order valence-electron chi connectivity index (χ0n) is 16.1. The number of rotatable bonds is 8. The SMILES string of the molecule is Nc1ccc2ncn(CCC(=O)NCC(NC(=O)c3c(Cl)cccc3Cl)C(=O)O)c2c1. The van der Waals surface area contributed by atoms with Crippen LogP contribution in [0.3, 0.4) is 0 Å². The first-order valence-electron chi connectivity index (χ1n) is 9.21. The van der Waals surface area contributed by atoms with Crippen LogP contribution in [0.15, 0.2) is 42.7 Å². The van der Waals surface area contributed by atoms with E-state index in [0.29, 0.717) is 12.2 Å². The molecule has 0 saturated carbocycles. The van der Waals surface area contributed by atoms with Crippen LogP contribution in [-0.2, 0) is 16.1 Å². The van der Waals surface area contributed by atoms with Crippen molar-refractivity contribution in [2.45, 2.75) is 19.0 Å². The zero-order valence-corrected chi connectivity index (χ0v) is 17.7. The van der Waals surface area contributed by atoms with Crippen LogP contribution in [0.2, 0.25) is 10.0 Å². The number of nitrogens with zero attached hydrogens (tertiary/aromatic N) is 2. The molecule has 2 amide bonds. The van der Waals surface area contributed by atoms with Crippen molar-refractivity contribution in [1.82, 2.24) is 20.2 Å². The van der Waals surface area contributed by atoms with Gasteiger partial charge in [0.05, 0.1) is 33.0 Å². The van der Waals surface area contributed by atoms with E-state index in [4.69, 9.17) is 28.9 Å². The Morgan fingerprint density at radius 3 is 2.55 bits per heavy atom. The molecule has 0 radical (unpaired) electrons. The van der Waals surface area contributed by atoms with Gasteiger partial charge in [-0.05, 0) is 30.3 Å². The Kier molecular flexibility index (Phi) is 6.98. The molecule has 0 aliphatic carbocycles. The van der Waals surface area contributed by atoms with Gasteiger partial charge in [0.1, 0.15) is 6.04 Å². The molecule has 0 aliphatic rings. The summed E-state index contributed by atoms with van der Waals surface area (Å²) in [7, 11) is 0. The Balaban J connectivity index is 1.57. The van der Waals surface area contributed by atoms with Crippen molar-refractivity contribution in [2.75, 3.05) is 12.3 Å². The molecular weight excluding hydrogens is 445 g/mol. The number of carboxylic acid groups (broad SMARTS) is 1. The van der Waals surface area contributed by atoms with Gasteiger partial charge in [0.15, 0.2) is 0 Å². The number of fused-ring (bicyclic) bond motifs is 1. The number of halogens is 2. The van der Waals surface area contributed by atoms with Crippen molar-refractivity contribution in [3.8, 4) is 0 Å². The summed E-state index contributed by atoms with van der Waals surface area (Å²) >= 11 is 12.0. The Hall–Kier alpha value is -3.30. The lowest BCUT2D eigenvalue weighted by molar-refractivity contribution is -0.139. The van der Waals surface area contributed by atoms with E-state index in [9.17, 15) is 19.5 Å². The first-order valence-corrected chi connectivity index (χ1v) is 9.96. The summed E-state index contributed by atoms with van der Waals surface area (Å²) in [5, 5.41) is 14.4. The normalized spacial score (nSPS) is 11.8. The maximum atomic E-state index is 12.4. The second-order valence-electron chi connectivity index (χ2n) is 6.70. The topological polar surface area (TPSA) is 139 Å². The average molecular weight is 464 g/mol. The molecule has 0 bridgehead atoms. The number of carbonyl (C=O) groups excluding carboxylic acids is 2. The number of nitrogen functional groups attached to an aromatic ring is 1. The van der Waals surface area contributed by atoms with Crippen LogP contribution in [0.1, 0.15) is 16.8 Å². The van der Waals surface area contributed by atoms with Gasteiger partial charge in [-0.25, -0.2) is 9.78 Å². The fourth-order valence-corrected chi connectivity index (χ4v) is 3.49. The number of aromatic nitrogens is 2. The van der Waals surface area contributed by atoms with E-state index in [2.05, 4.69) is 15.6 Å². The Bertz CT molecular complexity index is 1130. The summed E-state index contributed by atoms with van der Waals surface area (Å²) in [5.41, 5.74) is 7.88. The van der Waals surface area contributed by atoms with E-state index in [-0.39, 0.29) is 34.5 Å². The number of anilines is 1. The van der Waals surface area contributed by atoms with Crippen LogP contribution in [0.25, 0.3) is 11.0 Å². The zero-order chi connectivity index (χ0) is 22.5. The summed E-state index contributed by atoms with van der Waals surface area (Å²) in [4.78, 5) is 40.4. The number of aryl methyl sites for hydroxylation is 1. The number of aliphatic carboxylic acids is 1. The number of nitrogens with two attached hydrogens (primary N) is 1. The molecule has 3 rings (SSSR count). The van der Waals surface area contributed by atoms with Crippen LogP contribution in [-0.4, -0.2) is 45.0 Å². The standard InChI is InChI=1S/C20H19Cl2N5O4/c21-12-2-1-3-13(22)18(12)19(29)26-15(20(30)31)9-24-17(28)6-7-27-10-25-14-5-4-11(23)8-16(14)27/h1-5,8,10,15H,6-7,9,23H2,(H,24,28)(H,26,29)(H,30,31). The third-order valence-corrected chi connectivity index (χ3v) is 5.15. The molecule has 31 heavy (non-hydrogen) atoms. The van der Waals surface area contributed by atoms with Gasteiger partial charge in [-0.1, -0.05) is 29.3 Å². The number of imidazole rings is 1. The summed E-state index contributed by atoms with van der Waals surface area (Å²) in [6, 6.07) is 8.41. The van der Waals surface area contributed by atoms with Crippen molar-refractivity contribution in [3.05, 3.63) is 58.3 Å². The Morgan fingerprint density at radius 1 is 1.16 bits per heavy atom. The van der Waals surface area contributed by atoms with Crippen LogP contribution in [0.5, 0.6) is 0 Å². The number of hydrogen-bond acceptors (Lipinski definition) is 5. The van der Waals surface area contributed by atoms with Crippen molar-refractivity contribution in [3.63, 3.8) is 0 Å². The van der Waals surface area contributed by atoms with Crippen molar-refractivity contribution < 1.29 is 19.5 Å². The smallest absolute Gasteiger partial charge is 0.328 e. The van der Waals surface area contributed by atoms with Gasteiger partial charge < -0.3 is 26.0 Å². The molecule has 1 atom stereocenters. The Labute approximate surface area is 187 Å². The van der Waals surface area contributed by atoms with Crippen molar-refractivity contribution >= 4 is 57.7 Å². The van der Waals surface area contributed by atoms with Crippen LogP contribution >= 0.6 is 23.2 Å². The molecule has 1 heterocycles. The van der Waals surface area contributed by atoms with Crippen molar-refractivity contribution in [2.24, 2.45) is 0 Å². The molecule has 11 heteroatoms. The number of carboxylic acids is 1. The maximum absolute atomic E-state index is 12.4. The van der Waals surface area contributed by atoms with E-state index < -0.39 is 17.9 Å².